The highest BCUT2D eigenvalue weighted by molar-refractivity contribution is 5.66. The molecule has 0 spiro atoms. The Labute approximate surface area is 105 Å². The molecule has 0 unspecified atom stereocenters. The molecule has 0 fully saturated rings. The molecule has 0 bridgehead atoms. The number of rotatable bonds is 3. The maximum atomic E-state index is 10.9. The first kappa shape index (κ1) is 12.0. The van der Waals surface area contributed by atoms with E-state index in [4.69, 9.17) is 0 Å². The van der Waals surface area contributed by atoms with Gasteiger partial charge in [0.25, 0.3) is 0 Å². The molecule has 5 nitrogen and oxygen atoms in total. The van der Waals surface area contributed by atoms with Gasteiger partial charge in [-0.15, -0.1) is 0 Å². The number of pyridine rings is 1. The van der Waals surface area contributed by atoms with E-state index in [1.807, 2.05) is 32.0 Å². The van der Waals surface area contributed by atoms with Crippen LogP contribution in [0.5, 0.6) is 0 Å². The van der Waals surface area contributed by atoms with Crippen LogP contribution in [0.4, 0.5) is 17.2 Å². The summed E-state index contributed by atoms with van der Waals surface area (Å²) in [5, 5.41) is 13.9. The predicted octanol–water partition coefficient (Wildman–Crippen LogP) is 3.35. The molecule has 5 heteroatoms. The van der Waals surface area contributed by atoms with Crippen LogP contribution in [0.15, 0.2) is 36.5 Å². The number of anilines is 2. The van der Waals surface area contributed by atoms with Crippen LogP contribution in [-0.4, -0.2) is 9.91 Å². The first-order valence-corrected chi connectivity index (χ1v) is 5.51. The molecule has 0 aliphatic carbocycles. The number of nitro groups is 1. The Balaban J connectivity index is 2.37. The van der Waals surface area contributed by atoms with E-state index >= 15 is 0 Å². The molecule has 2 aromatic rings. The maximum Gasteiger partial charge on any atom is 0.311 e. The fraction of sp³-hybridized carbons (Fsp3) is 0.154. The van der Waals surface area contributed by atoms with Crippen molar-refractivity contribution in [2.75, 3.05) is 5.32 Å². The lowest BCUT2D eigenvalue weighted by atomic mass is 10.1. The molecule has 2 rings (SSSR count). The van der Waals surface area contributed by atoms with Gasteiger partial charge in [-0.05, 0) is 43.2 Å². The zero-order chi connectivity index (χ0) is 13.1. The lowest BCUT2D eigenvalue weighted by Gasteiger charge is -2.07. The van der Waals surface area contributed by atoms with Crippen LogP contribution in [0.2, 0.25) is 0 Å². The van der Waals surface area contributed by atoms with Gasteiger partial charge in [-0.3, -0.25) is 10.1 Å². The van der Waals surface area contributed by atoms with Crippen molar-refractivity contribution in [2.24, 2.45) is 0 Å². The molecule has 0 saturated heterocycles. The van der Waals surface area contributed by atoms with E-state index < -0.39 is 4.92 Å². The van der Waals surface area contributed by atoms with Crippen LogP contribution < -0.4 is 5.32 Å². The van der Waals surface area contributed by atoms with Gasteiger partial charge in [-0.25, -0.2) is 4.98 Å². The minimum Gasteiger partial charge on any atom is -0.334 e. The third-order valence-electron chi connectivity index (χ3n) is 2.47. The number of nitrogens with zero attached hydrogens (tertiary/aromatic N) is 2. The Bertz CT molecular complexity index is 576. The zero-order valence-corrected chi connectivity index (χ0v) is 10.2. The zero-order valence-electron chi connectivity index (χ0n) is 10.2. The van der Waals surface area contributed by atoms with Crippen molar-refractivity contribution in [3.63, 3.8) is 0 Å². The molecule has 0 amide bonds. The largest absolute Gasteiger partial charge is 0.334 e. The molecular formula is C13H13N3O2. The highest BCUT2D eigenvalue weighted by Crippen LogP contribution is 2.25. The summed E-state index contributed by atoms with van der Waals surface area (Å²) in [7, 11) is 0. The topological polar surface area (TPSA) is 68.1 Å². The number of benzene rings is 1. The maximum absolute atomic E-state index is 10.9. The van der Waals surface area contributed by atoms with Gasteiger partial charge in [0, 0.05) is 18.0 Å². The summed E-state index contributed by atoms with van der Waals surface area (Å²) in [5.74, 6) is 0.257. The van der Waals surface area contributed by atoms with Gasteiger partial charge in [0.1, 0.15) is 0 Å². The summed E-state index contributed by atoms with van der Waals surface area (Å²) < 4.78 is 0. The normalized spacial score (nSPS) is 10.1. The summed E-state index contributed by atoms with van der Waals surface area (Å²) in [5.41, 5.74) is 2.96. The molecule has 0 saturated carbocycles. The van der Waals surface area contributed by atoms with Crippen LogP contribution in [0.1, 0.15) is 11.1 Å². The number of nitrogens with one attached hydrogen (secondary N) is 1. The number of hydrogen-bond acceptors (Lipinski definition) is 4. The van der Waals surface area contributed by atoms with Crippen molar-refractivity contribution in [1.82, 2.24) is 4.98 Å². The second-order valence-electron chi connectivity index (χ2n) is 4.13. The first-order chi connectivity index (χ1) is 8.56. The van der Waals surface area contributed by atoms with Crippen LogP contribution in [0.3, 0.4) is 0 Å². The second kappa shape index (κ2) is 4.83. The van der Waals surface area contributed by atoms with Crippen molar-refractivity contribution in [2.45, 2.75) is 13.8 Å². The highest BCUT2D eigenvalue weighted by Gasteiger charge is 2.14. The Hall–Kier alpha value is -2.43. The van der Waals surface area contributed by atoms with Gasteiger partial charge in [-0.1, -0.05) is 6.07 Å². The molecule has 1 aromatic carbocycles. The van der Waals surface area contributed by atoms with Crippen LogP contribution in [0.25, 0.3) is 0 Å². The lowest BCUT2D eigenvalue weighted by Crippen LogP contribution is -1.99. The molecule has 0 aliphatic heterocycles. The Kier molecular flexibility index (Phi) is 3.23. The van der Waals surface area contributed by atoms with E-state index in [0.717, 1.165) is 16.8 Å². The average molecular weight is 243 g/mol. The highest BCUT2D eigenvalue weighted by atomic mass is 16.6. The Morgan fingerprint density at radius 1 is 1.22 bits per heavy atom. The van der Waals surface area contributed by atoms with Gasteiger partial charge in [0.15, 0.2) is 0 Å². The van der Waals surface area contributed by atoms with Crippen LogP contribution in [0, 0.1) is 24.0 Å². The standard InChI is InChI=1S/C13H13N3O2/c1-9-6-10(2)8-11(7-9)15-13-12(16(17)18)4-3-5-14-13/h3-8H,1-2H3,(H,14,15). The molecular weight excluding hydrogens is 230 g/mol. The second-order valence-corrected chi connectivity index (χ2v) is 4.13. The summed E-state index contributed by atoms with van der Waals surface area (Å²) in [4.78, 5) is 14.4. The van der Waals surface area contributed by atoms with E-state index in [9.17, 15) is 10.1 Å². The van der Waals surface area contributed by atoms with Crippen molar-refractivity contribution < 1.29 is 4.92 Å². The summed E-state index contributed by atoms with van der Waals surface area (Å²) in [6.07, 6.45) is 1.53. The fourth-order valence-electron chi connectivity index (χ4n) is 1.82. The fourth-order valence-corrected chi connectivity index (χ4v) is 1.82. The molecule has 18 heavy (non-hydrogen) atoms. The third-order valence-corrected chi connectivity index (χ3v) is 2.47. The average Bonchev–Trinajstić information content (AvgIpc) is 2.27. The first-order valence-electron chi connectivity index (χ1n) is 5.51. The minimum atomic E-state index is -0.446. The van der Waals surface area contributed by atoms with Crippen molar-refractivity contribution in [3.8, 4) is 0 Å². The molecule has 1 N–H and O–H groups in total. The lowest BCUT2D eigenvalue weighted by molar-refractivity contribution is -0.384. The number of aryl methyl sites for hydroxylation is 2. The van der Waals surface area contributed by atoms with Gasteiger partial charge < -0.3 is 5.32 Å². The summed E-state index contributed by atoms with van der Waals surface area (Å²) in [6, 6.07) is 8.86. The SMILES string of the molecule is Cc1cc(C)cc(Nc2ncccc2[N+](=O)[O-])c1. The van der Waals surface area contributed by atoms with E-state index in [2.05, 4.69) is 10.3 Å². The van der Waals surface area contributed by atoms with Crippen LogP contribution >= 0.6 is 0 Å². The Morgan fingerprint density at radius 3 is 2.50 bits per heavy atom. The smallest absolute Gasteiger partial charge is 0.311 e. The quantitative estimate of drug-likeness (QED) is 0.663. The molecule has 92 valence electrons. The van der Waals surface area contributed by atoms with Gasteiger partial charge in [-0.2, -0.15) is 0 Å². The Morgan fingerprint density at radius 2 is 1.89 bits per heavy atom. The molecule has 0 aliphatic rings. The van der Waals surface area contributed by atoms with E-state index in [-0.39, 0.29) is 11.5 Å². The van der Waals surface area contributed by atoms with Crippen molar-refractivity contribution in [3.05, 3.63) is 57.8 Å². The summed E-state index contributed by atoms with van der Waals surface area (Å²) >= 11 is 0. The minimum absolute atomic E-state index is 0.0309. The third kappa shape index (κ3) is 2.63. The van der Waals surface area contributed by atoms with Crippen LogP contribution in [-0.2, 0) is 0 Å². The van der Waals surface area contributed by atoms with Gasteiger partial charge >= 0.3 is 5.69 Å². The molecule has 1 aromatic heterocycles. The molecule has 1 heterocycles. The van der Waals surface area contributed by atoms with E-state index in [0.29, 0.717) is 0 Å². The molecule has 0 atom stereocenters. The van der Waals surface area contributed by atoms with Gasteiger partial charge in [0.05, 0.1) is 4.92 Å². The molecule has 0 radical (unpaired) electrons. The summed E-state index contributed by atoms with van der Waals surface area (Å²) in [6.45, 7) is 3.95. The monoisotopic (exact) mass is 243 g/mol. The number of aromatic nitrogens is 1. The van der Waals surface area contributed by atoms with E-state index in [1.54, 1.807) is 6.07 Å². The van der Waals surface area contributed by atoms with Gasteiger partial charge in [0.2, 0.25) is 5.82 Å². The predicted molar refractivity (Wildman–Crippen MR) is 70.1 cm³/mol. The van der Waals surface area contributed by atoms with Crippen molar-refractivity contribution >= 4 is 17.2 Å². The number of hydrogen-bond donors (Lipinski definition) is 1. The van der Waals surface area contributed by atoms with E-state index in [1.165, 1.54) is 12.3 Å². The van der Waals surface area contributed by atoms with Crippen molar-refractivity contribution in [1.29, 1.82) is 0 Å².